The molecule has 2 rings (SSSR count). The van der Waals surface area contributed by atoms with Crippen molar-refractivity contribution in [2.45, 2.75) is 37.5 Å². The Morgan fingerprint density at radius 3 is 3.12 bits per heavy atom. The molecule has 0 aromatic carbocycles. The zero-order chi connectivity index (χ0) is 12.1. The van der Waals surface area contributed by atoms with Gasteiger partial charge in [0, 0.05) is 24.5 Å². The molecule has 1 heterocycles. The maximum Gasteiger partial charge on any atom is 0.224 e. The largest absolute Gasteiger partial charge is 0.366 e. The van der Waals surface area contributed by atoms with Crippen LogP contribution in [0.15, 0.2) is 12.3 Å². The van der Waals surface area contributed by atoms with Crippen molar-refractivity contribution in [3.05, 3.63) is 12.3 Å². The van der Waals surface area contributed by atoms with Crippen LogP contribution < -0.4 is 10.6 Å². The Kier molecular flexibility index (Phi) is 4.48. The second-order valence-electron chi connectivity index (χ2n) is 4.19. The van der Waals surface area contributed by atoms with Gasteiger partial charge in [-0.2, -0.15) is 16.7 Å². The van der Waals surface area contributed by atoms with E-state index in [9.17, 15) is 0 Å². The van der Waals surface area contributed by atoms with E-state index in [0.29, 0.717) is 12.0 Å². The van der Waals surface area contributed by atoms with Gasteiger partial charge < -0.3 is 10.6 Å². The minimum atomic E-state index is 0.555. The molecule has 0 radical (unpaired) electrons. The summed E-state index contributed by atoms with van der Waals surface area (Å²) >= 11 is 2.05. The van der Waals surface area contributed by atoms with Crippen LogP contribution in [0.25, 0.3) is 0 Å². The lowest BCUT2D eigenvalue weighted by molar-refractivity contribution is 0.762. The summed E-state index contributed by atoms with van der Waals surface area (Å²) in [7, 11) is 1.84. The molecule has 2 N–H and O–H groups in total. The summed E-state index contributed by atoms with van der Waals surface area (Å²) in [6.45, 7) is 2.23. The van der Waals surface area contributed by atoms with E-state index in [1.807, 2.05) is 13.1 Å². The highest BCUT2D eigenvalue weighted by atomic mass is 32.2. The Balaban J connectivity index is 1.99. The molecule has 1 aromatic heterocycles. The Labute approximate surface area is 107 Å². The number of nitrogens with one attached hydrogen (secondary N) is 2. The van der Waals surface area contributed by atoms with Crippen molar-refractivity contribution in [1.29, 1.82) is 0 Å². The van der Waals surface area contributed by atoms with Crippen molar-refractivity contribution < 1.29 is 0 Å². The lowest BCUT2D eigenvalue weighted by atomic mass is 10.2. The molecule has 4 nitrogen and oxygen atoms in total. The SMILES string of the molecule is CCSC1CCCC1Nc1ccnc(NC)n1. The molecule has 1 aliphatic rings. The molecule has 5 heteroatoms. The second-order valence-corrected chi connectivity index (χ2v) is 5.71. The fourth-order valence-corrected chi connectivity index (χ4v) is 3.45. The number of hydrogen-bond donors (Lipinski definition) is 2. The number of hydrogen-bond acceptors (Lipinski definition) is 5. The van der Waals surface area contributed by atoms with Crippen molar-refractivity contribution in [2.75, 3.05) is 23.4 Å². The van der Waals surface area contributed by atoms with Gasteiger partial charge in [-0.3, -0.25) is 0 Å². The van der Waals surface area contributed by atoms with E-state index in [1.165, 1.54) is 25.0 Å². The predicted octanol–water partition coefficient (Wildman–Crippen LogP) is 2.60. The molecule has 0 bridgehead atoms. The lowest BCUT2D eigenvalue weighted by Gasteiger charge is -2.20. The Bertz CT molecular complexity index is 358. The first-order valence-corrected chi connectivity index (χ1v) is 7.27. The van der Waals surface area contributed by atoms with Crippen LogP contribution in [0.1, 0.15) is 26.2 Å². The first-order chi connectivity index (χ1) is 8.33. The highest BCUT2D eigenvalue weighted by Crippen LogP contribution is 2.31. The maximum absolute atomic E-state index is 4.41. The van der Waals surface area contributed by atoms with Gasteiger partial charge >= 0.3 is 0 Å². The van der Waals surface area contributed by atoms with Crippen LogP contribution >= 0.6 is 11.8 Å². The normalized spacial score (nSPS) is 23.6. The van der Waals surface area contributed by atoms with Gasteiger partial charge in [0.05, 0.1) is 0 Å². The number of anilines is 2. The van der Waals surface area contributed by atoms with Crippen molar-refractivity contribution >= 4 is 23.5 Å². The molecule has 1 aliphatic carbocycles. The van der Waals surface area contributed by atoms with E-state index in [-0.39, 0.29) is 0 Å². The first-order valence-electron chi connectivity index (χ1n) is 6.22. The van der Waals surface area contributed by atoms with Crippen molar-refractivity contribution in [1.82, 2.24) is 9.97 Å². The number of thioether (sulfide) groups is 1. The van der Waals surface area contributed by atoms with Crippen molar-refractivity contribution in [3.8, 4) is 0 Å². The third-order valence-electron chi connectivity index (χ3n) is 3.05. The summed E-state index contributed by atoms with van der Waals surface area (Å²) in [6.07, 6.45) is 5.67. The number of aromatic nitrogens is 2. The van der Waals surface area contributed by atoms with Crippen LogP contribution in [0.3, 0.4) is 0 Å². The third-order valence-corrected chi connectivity index (χ3v) is 4.37. The van der Waals surface area contributed by atoms with E-state index in [0.717, 1.165) is 11.1 Å². The van der Waals surface area contributed by atoms with Gasteiger partial charge in [0.15, 0.2) is 0 Å². The molecule has 0 spiro atoms. The van der Waals surface area contributed by atoms with Crippen molar-refractivity contribution in [2.24, 2.45) is 0 Å². The summed E-state index contributed by atoms with van der Waals surface area (Å²) in [5.41, 5.74) is 0. The molecule has 2 atom stereocenters. The zero-order valence-electron chi connectivity index (χ0n) is 10.4. The van der Waals surface area contributed by atoms with E-state index in [1.54, 1.807) is 6.20 Å². The summed E-state index contributed by atoms with van der Waals surface area (Å²) < 4.78 is 0. The highest BCUT2D eigenvalue weighted by molar-refractivity contribution is 7.99. The average Bonchev–Trinajstić information content (AvgIpc) is 2.78. The lowest BCUT2D eigenvalue weighted by Crippen LogP contribution is -2.26. The summed E-state index contributed by atoms with van der Waals surface area (Å²) in [4.78, 5) is 8.53. The van der Waals surface area contributed by atoms with Crippen LogP contribution in [0.5, 0.6) is 0 Å². The maximum atomic E-state index is 4.41. The van der Waals surface area contributed by atoms with E-state index >= 15 is 0 Å². The summed E-state index contributed by atoms with van der Waals surface area (Å²) in [5, 5.41) is 7.23. The molecule has 0 saturated heterocycles. The van der Waals surface area contributed by atoms with Crippen LogP contribution in [-0.2, 0) is 0 Å². The first kappa shape index (κ1) is 12.5. The number of rotatable bonds is 5. The molecule has 0 amide bonds. The van der Waals surface area contributed by atoms with E-state index in [2.05, 4.69) is 39.3 Å². The molecule has 94 valence electrons. The van der Waals surface area contributed by atoms with Gasteiger partial charge in [-0.1, -0.05) is 13.3 Å². The van der Waals surface area contributed by atoms with Gasteiger partial charge in [0.25, 0.3) is 0 Å². The highest BCUT2D eigenvalue weighted by Gasteiger charge is 2.27. The third kappa shape index (κ3) is 3.25. The molecule has 2 unspecified atom stereocenters. The van der Waals surface area contributed by atoms with Gasteiger partial charge in [0.1, 0.15) is 5.82 Å². The van der Waals surface area contributed by atoms with Crippen LogP contribution in [0.2, 0.25) is 0 Å². The second kappa shape index (κ2) is 6.10. The van der Waals surface area contributed by atoms with E-state index in [4.69, 9.17) is 0 Å². The Hall–Kier alpha value is -0.970. The molecular weight excluding hydrogens is 232 g/mol. The topological polar surface area (TPSA) is 49.8 Å². The standard InChI is InChI=1S/C12H20N4S/c1-3-17-10-6-4-5-9(10)15-11-7-8-14-12(13-2)16-11/h7-10H,3-6H2,1-2H3,(H2,13,14,15,16). The fourth-order valence-electron chi connectivity index (χ4n) is 2.25. The fraction of sp³-hybridized carbons (Fsp3) is 0.667. The minimum absolute atomic E-state index is 0.555. The minimum Gasteiger partial charge on any atom is -0.366 e. The van der Waals surface area contributed by atoms with Crippen LogP contribution in [0.4, 0.5) is 11.8 Å². The molecule has 1 saturated carbocycles. The molecule has 17 heavy (non-hydrogen) atoms. The van der Waals surface area contributed by atoms with Gasteiger partial charge in [-0.25, -0.2) is 4.98 Å². The van der Waals surface area contributed by atoms with E-state index < -0.39 is 0 Å². The number of nitrogens with zero attached hydrogens (tertiary/aromatic N) is 2. The Morgan fingerprint density at radius 1 is 1.47 bits per heavy atom. The summed E-state index contributed by atoms with van der Waals surface area (Å²) in [6, 6.07) is 2.49. The summed E-state index contributed by atoms with van der Waals surface area (Å²) in [5.74, 6) is 2.79. The molecule has 1 fully saturated rings. The van der Waals surface area contributed by atoms with Gasteiger partial charge in [0.2, 0.25) is 5.95 Å². The molecular formula is C12H20N4S. The zero-order valence-corrected chi connectivity index (χ0v) is 11.3. The quantitative estimate of drug-likeness (QED) is 0.843. The van der Waals surface area contributed by atoms with Crippen molar-refractivity contribution in [3.63, 3.8) is 0 Å². The smallest absolute Gasteiger partial charge is 0.224 e. The van der Waals surface area contributed by atoms with Gasteiger partial charge in [-0.05, 0) is 24.7 Å². The van der Waals surface area contributed by atoms with Gasteiger partial charge in [-0.15, -0.1) is 0 Å². The Morgan fingerprint density at radius 2 is 2.35 bits per heavy atom. The molecule has 0 aliphatic heterocycles. The average molecular weight is 252 g/mol. The monoisotopic (exact) mass is 252 g/mol. The van der Waals surface area contributed by atoms with Crippen LogP contribution in [0, 0.1) is 0 Å². The predicted molar refractivity (Wildman–Crippen MR) is 74.8 cm³/mol. The molecule has 1 aromatic rings. The van der Waals surface area contributed by atoms with Crippen LogP contribution in [-0.4, -0.2) is 34.1 Å².